The van der Waals surface area contributed by atoms with E-state index in [-0.39, 0.29) is 11.5 Å². The van der Waals surface area contributed by atoms with Gasteiger partial charge in [-0.25, -0.2) is 4.98 Å². The molecule has 0 bridgehead atoms. The number of carbonyl (C=O) groups excluding carboxylic acids is 1. The van der Waals surface area contributed by atoms with E-state index in [1.165, 1.54) is 10.9 Å². The van der Waals surface area contributed by atoms with Crippen molar-refractivity contribution in [1.29, 1.82) is 0 Å². The molecule has 2 N–H and O–H groups in total. The Morgan fingerprint density at radius 2 is 2.08 bits per heavy atom. The number of anilines is 1. The van der Waals surface area contributed by atoms with Crippen LogP contribution < -0.4 is 10.9 Å². The molecule has 6 nitrogen and oxygen atoms in total. The molecular weight excluding hydrogens is 328 g/mol. The number of benzene rings is 1. The minimum absolute atomic E-state index is 0.255. The maximum Gasteiger partial charge on any atom is 0.263 e. The lowest BCUT2D eigenvalue weighted by atomic mass is 10.2. The van der Waals surface area contributed by atoms with Gasteiger partial charge in [-0.15, -0.1) is 0 Å². The highest BCUT2D eigenvalue weighted by Gasteiger charge is 2.19. The van der Waals surface area contributed by atoms with Crippen LogP contribution in [0.2, 0.25) is 5.02 Å². The number of carbonyl (C=O) groups is 1. The molecule has 1 amide bonds. The van der Waals surface area contributed by atoms with Crippen molar-refractivity contribution < 1.29 is 4.79 Å². The summed E-state index contributed by atoms with van der Waals surface area (Å²) in [5.41, 5.74) is 2.63. The zero-order valence-corrected chi connectivity index (χ0v) is 14.3. The Kier molecular flexibility index (Phi) is 4.15. The van der Waals surface area contributed by atoms with E-state index in [4.69, 9.17) is 11.6 Å². The van der Waals surface area contributed by atoms with Crippen molar-refractivity contribution in [3.63, 3.8) is 0 Å². The first-order chi connectivity index (χ1) is 11.4. The van der Waals surface area contributed by atoms with Crippen molar-refractivity contribution in [3.05, 3.63) is 57.2 Å². The van der Waals surface area contributed by atoms with Crippen LogP contribution >= 0.6 is 11.6 Å². The Labute approximate surface area is 143 Å². The van der Waals surface area contributed by atoms with Crippen molar-refractivity contribution in [2.45, 2.75) is 26.8 Å². The highest BCUT2D eigenvalue weighted by Crippen LogP contribution is 2.21. The van der Waals surface area contributed by atoms with Gasteiger partial charge in [-0.1, -0.05) is 17.7 Å². The number of amides is 1. The van der Waals surface area contributed by atoms with Crippen molar-refractivity contribution in [1.82, 2.24) is 14.5 Å². The number of fused-ring (bicyclic) bond motifs is 1. The molecule has 2 heterocycles. The summed E-state index contributed by atoms with van der Waals surface area (Å²) in [7, 11) is 0. The summed E-state index contributed by atoms with van der Waals surface area (Å²) in [4.78, 5) is 32.3. The quantitative estimate of drug-likeness (QED) is 0.765. The highest BCUT2D eigenvalue weighted by atomic mass is 35.5. The Balaban J connectivity index is 1.92. The number of halogens is 1. The van der Waals surface area contributed by atoms with Crippen LogP contribution in [0.4, 0.5) is 5.69 Å². The predicted octanol–water partition coefficient (Wildman–Crippen LogP) is 3.19. The molecule has 0 aliphatic heterocycles. The Morgan fingerprint density at radius 3 is 2.83 bits per heavy atom. The van der Waals surface area contributed by atoms with Crippen molar-refractivity contribution >= 4 is 34.2 Å². The van der Waals surface area contributed by atoms with Gasteiger partial charge in [0.15, 0.2) is 0 Å². The number of H-pyrrole nitrogens is 1. The maximum atomic E-state index is 12.6. The van der Waals surface area contributed by atoms with E-state index >= 15 is 0 Å². The maximum absolute atomic E-state index is 12.6. The Morgan fingerprint density at radius 1 is 1.33 bits per heavy atom. The Hall–Kier alpha value is -2.60. The van der Waals surface area contributed by atoms with E-state index in [1.54, 1.807) is 25.1 Å². The van der Waals surface area contributed by atoms with Crippen LogP contribution in [0.15, 0.2) is 35.4 Å². The van der Waals surface area contributed by atoms with Crippen molar-refractivity contribution in [2.75, 3.05) is 5.32 Å². The van der Waals surface area contributed by atoms with E-state index in [0.29, 0.717) is 21.7 Å². The first-order valence-electron chi connectivity index (χ1n) is 7.50. The standard InChI is InChI=1S/C17H17ClN4O2/c1-9-4-5-12(18)7-14(9)21-16(23)11(3)22-8-19-15-13(17(22)24)6-10(2)20-15/h4-8,11,20H,1-3H3,(H,21,23). The molecule has 1 unspecified atom stereocenters. The molecular formula is C17H17ClN4O2. The van der Waals surface area contributed by atoms with Crippen LogP contribution in [0.3, 0.4) is 0 Å². The van der Waals surface area contributed by atoms with E-state index < -0.39 is 6.04 Å². The summed E-state index contributed by atoms with van der Waals surface area (Å²) in [5.74, 6) is -0.309. The number of aryl methyl sites for hydroxylation is 2. The molecule has 0 spiro atoms. The molecule has 0 aliphatic carbocycles. The second-order valence-corrected chi connectivity index (χ2v) is 6.23. The molecule has 3 rings (SSSR count). The fraction of sp³-hybridized carbons (Fsp3) is 0.235. The second-order valence-electron chi connectivity index (χ2n) is 5.80. The van der Waals surface area contributed by atoms with Gasteiger partial charge in [-0.2, -0.15) is 0 Å². The zero-order chi connectivity index (χ0) is 17.4. The van der Waals surface area contributed by atoms with Gasteiger partial charge in [0.1, 0.15) is 18.0 Å². The summed E-state index contributed by atoms with van der Waals surface area (Å²) < 4.78 is 1.32. The third-order valence-electron chi connectivity index (χ3n) is 3.96. The lowest BCUT2D eigenvalue weighted by Gasteiger charge is -2.16. The number of rotatable bonds is 3. The predicted molar refractivity (Wildman–Crippen MR) is 94.6 cm³/mol. The molecule has 2 aromatic heterocycles. The van der Waals surface area contributed by atoms with Gasteiger partial charge in [0.25, 0.3) is 5.56 Å². The molecule has 0 aliphatic rings. The monoisotopic (exact) mass is 344 g/mol. The van der Waals surface area contributed by atoms with E-state index in [2.05, 4.69) is 15.3 Å². The first kappa shape index (κ1) is 16.3. The van der Waals surface area contributed by atoms with Gasteiger partial charge in [-0.05, 0) is 44.5 Å². The van der Waals surface area contributed by atoms with E-state index in [1.807, 2.05) is 19.9 Å². The first-order valence-corrected chi connectivity index (χ1v) is 7.88. The summed E-state index contributed by atoms with van der Waals surface area (Å²) in [6.07, 6.45) is 1.38. The largest absolute Gasteiger partial charge is 0.343 e. The highest BCUT2D eigenvalue weighted by molar-refractivity contribution is 6.31. The number of nitrogens with one attached hydrogen (secondary N) is 2. The van der Waals surface area contributed by atoms with E-state index in [0.717, 1.165) is 11.3 Å². The molecule has 0 fully saturated rings. The average molecular weight is 345 g/mol. The van der Waals surface area contributed by atoms with Crippen LogP contribution in [0.1, 0.15) is 24.2 Å². The summed E-state index contributed by atoms with van der Waals surface area (Å²) in [6, 6.07) is 6.29. The van der Waals surface area contributed by atoms with Crippen LogP contribution in [0.5, 0.6) is 0 Å². The number of aromatic amines is 1. The van der Waals surface area contributed by atoms with Gasteiger partial charge >= 0.3 is 0 Å². The van der Waals surface area contributed by atoms with E-state index in [9.17, 15) is 9.59 Å². The molecule has 3 aromatic rings. The fourth-order valence-corrected chi connectivity index (χ4v) is 2.69. The summed E-state index contributed by atoms with van der Waals surface area (Å²) in [6.45, 7) is 5.38. The lowest BCUT2D eigenvalue weighted by Crippen LogP contribution is -2.31. The molecule has 0 saturated heterocycles. The van der Waals surface area contributed by atoms with Crippen LogP contribution in [-0.4, -0.2) is 20.4 Å². The fourth-order valence-electron chi connectivity index (χ4n) is 2.52. The average Bonchev–Trinajstić information content (AvgIpc) is 2.92. The lowest BCUT2D eigenvalue weighted by molar-refractivity contribution is -0.118. The summed E-state index contributed by atoms with van der Waals surface area (Å²) in [5, 5.41) is 3.81. The smallest absolute Gasteiger partial charge is 0.263 e. The molecule has 0 saturated carbocycles. The third-order valence-corrected chi connectivity index (χ3v) is 4.20. The molecule has 0 radical (unpaired) electrons. The minimum atomic E-state index is -0.706. The minimum Gasteiger partial charge on any atom is -0.343 e. The molecule has 7 heteroatoms. The number of hydrogen-bond donors (Lipinski definition) is 2. The zero-order valence-electron chi connectivity index (χ0n) is 13.6. The normalized spacial score (nSPS) is 12.3. The van der Waals surface area contributed by atoms with Crippen molar-refractivity contribution in [3.8, 4) is 0 Å². The van der Waals surface area contributed by atoms with Crippen LogP contribution in [0, 0.1) is 13.8 Å². The third kappa shape index (κ3) is 2.92. The molecule has 124 valence electrons. The SMILES string of the molecule is Cc1cc2c(=O)n(C(C)C(=O)Nc3cc(Cl)ccc3C)cnc2[nH]1. The molecule has 1 aromatic carbocycles. The Bertz CT molecular complexity index is 990. The second kappa shape index (κ2) is 6.13. The topological polar surface area (TPSA) is 79.8 Å². The van der Waals surface area contributed by atoms with Gasteiger partial charge in [-0.3, -0.25) is 14.2 Å². The number of hydrogen-bond acceptors (Lipinski definition) is 3. The van der Waals surface area contributed by atoms with Gasteiger partial charge < -0.3 is 10.3 Å². The van der Waals surface area contributed by atoms with Gasteiger partial charge in [0, 0.05) is 16.4 Å². The molecule has 24 heavy (non-hydrogen) atoms. The van der Waals surface area contributed by atoms with Gasteiger partial charge in [0.05, 0.1) is 5.39 Å². The van der Waals surface area contributed by atoms with Crippen molar-refractivity contribution in [2.24, 2.45) is 0 Å². The van der Waals surface area contributed by atoms with Gasteiger partial charge in [0.2, 0.25) is 5.91 Å². The summed E-state index contributed by atoms with van der Waals surface area (Å²) >= 11 is 5.97. The number of aromatic nitrogens is 3. The van der Waals surface area contributed by atoms with Crippen LogP contribution in [0.25, 0.3) is 11.0 Å². The van der Waals surface area contributed by atoms with Crippen LogP contribution in [-0.2, 0) is 4.79 Å². The molecule has 1 atom stereocenters. The number of nitrogens with zero attached hydrogens (tertiary/aromatic N) is 2.